The van der Waals surface area contributed by atoms with E-state index in [-0.39, 0.29) is 25.0 Å². The zero-order valence-corrected chi connectivity index (χ0v) is 21.9. The summed E-state index contributed by atoms with van der Waals surface area (Å²) >= 11 is 5.78. The van der Waals surface area contributed by atoms with Crippen LogP contribution in [-0.4, -0.2) is 43.8 Å². The summed E-state index contributed by atoms with van der Waals surface area (Å²) in [5.41, 5.74) is 1.99. The largest absolute Gasteiger partial charge is 0.447 e. The minimum absolute atomic E-state index is 0.203. The lowest BCUT2D eigenvalue weighted by molar-refractivity contribution is -0.221. The van der Waals surface area contributed by atoms with Crippen molar-refractivity contribution >= 4 is 50.5 Å². The van der Waals surface area contributed by atoms with E-state index in [0.29, 0.717) is 25.7 Å². The maximum Gasteiger partial charge on any atom is 0.416 e. The summed E-state index contributed by atoms with van der Waals surface area (Å²) in [6, 6.07) is 15.6. The van der Waals surface area contributed by atoms with E-state index in [0.717, 1.165) is 19.2 Å². The van der Waals surface area contributed by atoms with Crippen molar-refractivity contribution in [2.75, 3.05) is 20.8 Å². The quantitative estimate of drug-likeness (QED) is 0.196. The van der Waals surface area contributed by atoms with Crippen LogP contribution in [0.4, 0.5) is 4.79 Å². The average molecular weight is 616 g/mol. The first-order valence-corrected chi connectivity index (χ1v) is 12.4. The van der Waals surface area contributed by atoms with Gasteiger partial charge in [-0.1, -0.05) is 46.3 Å². The molecule has 8 heteroatoms. The molecule has 3 rings (SSSR count). The monoisotopic (exact) mass is 615 g/mol. The zero-order chi connectivity index (χ0) is 23.1. The van der Waals surface area contributed by atoms with Gasteiger partial charge in [-0.25, -0.2) is 9.69 Å². The Kier molecular flexibility index (Phi) is 9.10. The first kappa shape index (κ1) is 25.1. The molecule has 32 heavy (non-hydrogen) atoms. The standard InChI is InChI=1S/C24H27BrINO5/c1-30-24(31-2,18-13-19(25)15-20(26)14-18)11-7-6-10-22(28)27-21(16-32-23(27)29)12-17-8-4-3-5-9-17/h3-5,8-9,13-15,21H,6-7,10-12,16H2,1-2H3. The Bertz CT molecular complexity index is 915. The molecule has 2 aromatic rings. The number of amides is 2. The molecule has 0 bridgehead atoms. The molecule has 1 aliphatic rings. The number of hydrogen-bond donors (Lipinski definition) is 0. The average Bonchev–Trinajstić information content (AvgIpc) is 3.14. The van der Waals surface area contributed by atoms with Crippen molar-refractivity contribution in [2.24, 2.45) is 0 Å². The highest BCUT2D eigenvalue weighted by molar-refractivity contribution is 14.1. The predicted octanol–water partition coefficient (Wildman–Crippen LogP) is 5.65. The molecule has 0 aromatic heterocycles. The molecular formula is C24H27BrINO5. The molecule has 0 spiro atoms. The van der Waals surface area contributed by atoms with Crippen molar-refractivity contribution < 1.29 is 23.8 Å². The molecule has 0 aliphatic carbocycles. The summed E-state index contributed by atoms with van der Waals surface area (Å²) < 4.78 is 18.7. The number of nitrogens with zero attached hydrogens (tertiary/aromatic N) is 1. The number of carbonyl (C=O) groups is 2. The van der Waals surface area contributed by atoms with Crippen LogP contribution in [-0.2, 0) is 31.2 Å². The van der Waals surface area contributed by atoms with Crippen LogP contribution in [0.5, 0.6) is 0 Å². The van der Waals surface area contributed by atoms with Crippen molar-refractivity contribution in [1.29, 1.82) is 0 Å². The lowest BCUT2D eigenvalue weighted by Gasteiger charge is -2.32. The number of methoxy groups -OCH3 is 2. The van der Waals surface area contributed by atoms with Crippen LogP contribution in [0.2, 0.25) is 0 Å². The van der Waals surface area contributed by atoms with Gasteiger partial charge < -0.3 is 14.2 Å². The second-order valence-electron chi connectivity index (χ2n) is 7.71. The molecule has 0 saturated carbocycles. The van der Waals surface area contributed by atoms with E-state index in [2.05, 4.69) is 38.5 Å². The van der Waals surface area contributed by atoms with Gasteiger partial charge in [-0.2, -0.15) is 0 Å². The highest BCUT2D eigenvalue weighted by Crippen LogP contribution is 2.34. The van der Waals surface area contributed by atoms with Crippen LogP contribution in [0.25, 0.3) is 0 Å². The van der Waals surface area contributed by atoms with Crippen LogP contribution < -0.4 is 0 Å². The molecular weight excluding hydrogens is 589 g/mol. The zero-order valence-electron chi connectivity index (χ0n) is 18.2. The van der Waals surface area contributed by atoms with Gasteiger partial charge in [0, 0.05) is 40.7 Å². The molecule has 1 saturated heterocycles. The number of unbranched alkanes of at least 4 members (excludes halogenated alkanes) is 1. The van der Waals surface area contributed by atoms with Gasteiger partial charge in [-0.3, -0.25) is 4.79 Å². The Morgan fingerprint density at radius 1 is 1.19 bits per heavy atom. The highest BCUT2D eigenvalue weighted by atomic mass is 127. The van der Waals surface area contributed by atoms with Gasteiger partial charge in [0.15, 0.2) is 5.79 Å². The smallest absolute Gasteiger partial charge is 0.416 e. The molecule has 1 heterocycles. The van der Waals surface area contributed by atoms with Crippen LogP contribution in [0.3, 0.4) is 0 Å². The fourth-order valence-corrected chi connectivity index (χ4v) is 5.59. The lowest BCUT2D eigenvalue weighted by Crippen LogP contribution is -2.40. The van der Waals surface area contributed by atoms with E-state index < -0.39 is 11.9 Å². The van der Waals surface area contributed by atoms with E-state index >= 15 is 0 Å². The van der Waals surface area contributed by atoms with E-state index in [4.69, 9.17) is 14.2 Å². The lowest BCUT2D eigenvalue weighted by atomic mass is 9.98. The molecule has 172 valence electrons. The van der Waals surface area contributed by atoms with Gasteiger partial charge >= 0.3 is 6.09 Å². The maximum atomic E-state index is 12.8. The van der Waals surface area contributed by atoms with Gasteiger partial charge in [-0.05, 0) is 65.6 Å². The molecule has 0 N–H and O–H groups in total. The molecule has 6 nitrogen and oxygen atoms in total. The topological polar surface area (TPSA) is 65.1 Å². The number of cyclic esters (lactones) is 1. The molecule has 1 unspecified atom stereocenters. The fourth-order valence-electron chi connectivity index (χ4n) is 4.00. The van der Waals surface area contributed by atoms with Gasteiger partial charge in [0.25, 0.3) is 0 Å². The second kappa shape index (κ2) is 11.6. The van der Waals surface area contributed by atoms with Crippen molar-refractivity contribution in [2.45, 2.75) is 43.9 Å². The van der Waals surface area contributed by atoms with E-state index in [9.17, 15) is 9.59 Å². The number of halogens is 2. The van der Waals surface area contributed by atoms with Crippen molar-refractivity contribution in [1.82, 2.24) is 4.90 Å². The van der Waals surface area contributed by atoms with Crippen LogP contribution in [0, 0.1) is 3.57 Å². The minimum Gasteiger partial charge on any atom is -0.447 e. The SMILES string of the molecule is COC(CCCCC(=O)N1C(=O)OCC1Cc1ccccc1)(OC)c1cc(Br)cc(I)c1. The normalized spacial score (nSPS) is 16.3. The van der Waals surface area contributed by atoms with Gasteiger partial charge in [0.05, 0.1) is 6.04 Å². The molecule has 2 amide bonds. The van der Waals surface area contributed by atoms with Gasteiger partial charge in [0.2, 0.25) is 5.91 Å². The number of carbonyl (C=O) groups excluding carboxylic acids is 2. The molecule has 1 aliphatic heterocycles. The van der Waals surface area contributed by atoms with Crippen molar-refractivity contribution in [3.8, 4) is 0 Å². The summed E-state index contributed by atoms with van der Waals surface area (Å²) in [5.74, 6) is -1.10. The number of benzene rings is 2. The first-order chi connectivity index (χ1) is 15.4. The number of hydrogen-bond acceptors (Lipinski definition) is 5. The first-order valence-electron chi connectivity index (χ1n) is 10.5. The highest BCUT2D eigenvalue weighted by Gasteiger charge is 2.38. The fraction of sp³-hybridized carbons (Fsp3) is 0.417. The predicted molar refractivity (Wildman–Crippen MR) is 133 cm³/mol. The number of rotatable bonds is 10. The van der Waals surface area contributed by atoms with E-state index in [1.165, 1.54) is 4.90 Å². The third-order valence-electron chi connectivity index (χ3n) is 5.65. The molecule has 2 aromatic carbocycles. The molecule has 1 fully saturated rings. The Morgan fingerprint density at radius 3 is 2.56 bits per heavy atom. The van der Waals surface area contributed by atoms with Crippen molar-refractivity contribution in [3.05, 3.63) is 67.7 Å². The Morgan fingerprint density at radius 2 is 1.91 bits per heavy atom. The van der Waals surface area contributed by atoms with Crippen LogP contribution in [0.15, 0.2) is 53.0 Å². The third kappa shape index (κ3) is 6.09. The number of ether oxygens (including phenoxy) is 3. The summed E-state index contributed by atoms with van der Waals surface area (Å²) in [6.45, 7) is 0.234. The summed E-state index contributed by atoms with van der Waals surface area (Å²) in [4.78, 5) is 26.3. The van der Waals surface area contributed by atoms with Crippen LogP contribution >= 0.6 is 38.5 Å². The van der Waals surface area contributed by atoms with Crippen molar-refractivity contribution in [3.63, 3.8) is 0 Å². The Balaban J connectivity index is 1.58. The van der Waals surface area contributed by atoms with E-state index in [1.807, 2.05) is 48.5 Å². The molecule has 0 radical (unpaired) electrons. The summed E-state index contributed by atoms with van der Waals surface area (Å²) in [7, 11) is 3.24. The Hall–Kier alpha value is -1.49. The second-order valence-corrected chi connectivity index (χ2v) is 9.87. The molecule has 1 atom stereocenters. The number of imide groups is 1. The minimum atomic E-state index is -0.894. The van der Waals surface area contributed by atoms with Gasteiger partial charge in [0.1, 0.15) is 6.61 Å². The Labute approximate surface area is 210 Å². The maximum absolute atomic E-state index is 12.8. The van der Waals surface area contributed by atoms with Crippen LogP contribution in [0.1, 0.15) is 36.8 Å². The van der Waals surface area contributed by atoms with Gasteiger partial charge in [-0.15, -0.1) is 0 Å². The summed E-state index contributed by atoms with van der Waals surface area (Å²) in [5, 5.41) is 0. The van der Waals surface area contributed by atoms with E-state index in [1.54, 1.807) is 14.2 Å². The third-order valence-corrected chi connectivity index (χ3v) is 6.73. The summed E-state index contributed by atoms with van der Waals surface area (Å²) in [6.07, 6.45) is 2.19.